The van der Waals surface area contributed by atoms with Crippen molar-refractivity contribution in [3.8, 4) is 0 Å². The van der Waals surface area contributed by atoms with E-state index in [-0.39, 0.29) is 5.60 Å². The molecule has 1 aliphatic carbocycles. The molecule has 1 N–H and O–H groups in total. The Morgan fingerprint density at radius 1 is 1.33 bits per heavy atom. The summed E-state index contributed by atoms with van der Waals surface area (Å²) < 4.78 is 6.17. The highest BCUT2D eigenvalue weighted by atomic mass is 32.2. The minimum atomic E-state index is 0.255. The summed E-state index contributed by atoms with van der Waals surface area (Å²) in [5.41, 5.74) is 0.255. The maximum Gasteiger partial charge on any atom is 0.0783 e. The van der Waals surface area contributed by atoms with E-state index in [0.717, 1.165) is 31.0 Å². The topological polar surface area (TPSA) is 21.3 Å². The fourth-order valence-corrected chi connectivity index (χ4v) is 5.37. The van der Waals surface area contributed by atoms with Crippen molar-refractivity contribution < 1.29 is 4.74 Å². The van der Waals surface area contributed by atoms with Crippen LogP contribution in [0, 0.1) is 11.8 Å². The van der Waals surface area contributed by atoms with E-state index in [9.17, 15) is 0 Å². The van der Waals surface area contributed by atoms with Gasteiger partial charge in [-0.25, -0.2) is 0 Å². The summed E-state index contributed by atoms with van der Waals surface area (Å²) in [5.74, 6) is 4.37. The van der Waals surface area contributed by atoms with E-state index in [1.165, 1.54) is 50.0 Å². The first-order valence-electron chi connectivity index (χ1n) is 7.78. The third-order valence-corrected chi connectivity index (χ3v) is 6.43. The molecule has 1 saturated carbocycles. The summed E-state index contributed by atoms with van der Waals surface area (Å²) >= 11 is 2.09. The van der Waals surface area contributed by atoms with Crippen LogP contribution >= 0.6 is 11.8 Å². The molecule has 1 spiro atoms. The number of nitrogens with one attached hydrogen (secondary N) is 1. The van der Waals surface area contributed by atoms with E-state index >= 15 is 0 Å². The Hall–Kier alpha value is 0.270. The summed E-state index contributed by atoms with van der Waals surface area (Å²) in [6.07, 6.45) is 8.25. The van der Waals surface area contributed by atoms with E-state index in [2.05, 4.69) is 24.0 Å². The molecule has 2 aliphatic heterocycles. The lowest BCUT2D eigenvalue weighted by atomic mass is 9.70. The molecule has 2 heterocycles. The van der Waals surface area contributed by atoms with Crippen LogP contribution in [0.5, 0.6) is 0 Å². The molecule has 3 heteroatoms. The first kappa shape index (κ1) is 13.3. The van der Waals surface area contributed by atoms with Gasteiger partial charge in [0, 0.05) is 18.4 Å². The molecule has 0 aromatic carbocycles. The zero-order valence-electron chi connectivity index (χ0n) is 11.6. The van der Waals surface area contributed by atoms with E-state index in [0.29, 0.717) is 0 Å². The number of hydrogen-bond acceptors (Lipinski definition) is 3. The Bertz CT molecular complexity index is 274. The number of hydrogen-bond donors (Lipinski definition) is 1. The van der Waals surface area contributed by atoms with Crippen LogP contribution in [-0.2, 0) is 4.74 Å². The van der Waals surface area contributed by atoms with Crippen LogP contribution < -0.4 is 5.32 Å². The minimum absolute atomic E-state index is 0.255. The number of ether oxygens (including phenoxy) is 1. The Labute approximate surface area is 116 Å². The average Bonchev–Trinajstić information content (AvgIpc) is 2.74. The van der Waals surface area contributed by atoms with Crippen LogP contribution in [0.3, 0.4) is 0 Å². The van der Waals surface area contributed by atoms with Gasteiger partial charge < -0.3 is 10.1 Å². The molecule has 0 amide bonds. The molecular weight excluding hydrogens is 242 g/mol. The van der Waals surface area contributed by atoms with Crippen LogP contribution in [-0.4, -0.2) is 36.3 Å². The van der Waals surface area contributed by atoms with E-state index in [1.807, 2.05) is 0 Å². The maximum atomic E-state index is 6.17. The summed E-state index contributed by atoms with van der Waals surface area (Å²) in [4.78, 5) is 0. The van der Waals surface area contributed by atoms with Crippen molar-refractivity contribution in [1.82, 2.24) is 5.32 Å². The predicted molar refractivity (Wildman–Crippen MR) is 78.2 cm³/mol. The Kier molecular flexibility index (Phi) is 4.21. The van der Waals surface area contributed by atoms with Crippen molar-refractivity contribution in [1.29, 1.82) is 0 Å². The van der Waals surface area contributed by atoms with E-state index < -0.39 is 0 Å². The fourth-order valence-electron chi connectivity index (χ4n) is 3.99. The van der Waals surface area contributed by atoms with Crippen molar-refractivity contribution in [3.63, 3.8) is 0 Å². The zero-order chi connectivity index (χ0) is 12.4. The Morgan fingerprint density at radius 2 is 2.22 bits per heavy atom. The molecule has 2 saturated heterocycles. The highest BCUT2D eigenvalue weighted by molar-refractivity contribution is 7.99. The summed E-state index contributed by atoms with van der Waals surface area (Å²) in [5, 5.41) is 3.80. The summed E-state index contributed by atoms with van der Waals surface area (Å²) in [6, 6.07) is 0.773. The molecule has 3 rings (SSSR count). The third-order valence-electron chi connectivity index (χ3n) is 5.20. The minimum Gasteiger partial charge on any atom is -0.374 e. The van der Waals surface area contributed by atoms with Gasteiger partial charge in [0.25, 0.3) is 0 Å². The largest absolute Gasteiger partial charge is 0.374 e. The molecule has 0 aromatic heterocycles. The number of thioether (sulfide) groups is 1. The lowest BCUT2D eigenvalue weighted by molar-refractivity contribution is -0.0905. The molecule has 0 bridgehead atoms. The van der Waals surface area contributed by atoms with Crippen molar-refractivity contribution >= 4 is 11.8 Å². The molecule has 0 radical (unpaired) electrons. The molecule has 0 aromatic rings. The molecule has 3 unspecified atom stereocenters. The predicted octanol–water partition coefficient (Wildman–Crippen LogP) is 3.07. The van der Waals surface area contributed by atoms with Gasteiger partial charge in [0.05, 0.1) is 5.60 Å². The molecule has 3 aliphatic rings. The first-order chi connectivity index (χ1) is 8.83. The van der Waals surface area contributed by atoms with Gasteiger partial charge in [0.1, 0.15) is 0 Å². The highest BCUT2D eigenvalue weighted by Gasteiger charge is 2.44. The van der Waals surface area contributed by atoms with Gasteiger partial charge in [-0.3, -0.25) is 0 Å². The molecule has 18 heavy (non-hydrogen) atoms. The molecule has 3 fully saturated rings. The van der Waals surface area contributed by atoms with Crippen LogP contribution in [0.4, 0.5) is 0 Å². The van der Waals surface area contributed by atoms with Gasteiger partial charge in [-0.2, -0.15) is 11.8 Å². The first-order valence-corrected chi connectivity index (χ1v) is 8.93. The third kappa shape index (κ3) is 2.59. The van der Waals surface area contributed by atoms with Crippen LogP contribution in [0.1, 0.15) is 45.4 Å². The van der Waals surface area contributed by atoms with Gasteiger partial charge >= 0.3 is 0 Å². The van der Waals surface area contributed by atoms with Gasteiger partial charge in [0.15, 0.2) is 0 Å². The molecule has 2 nitrogen and oxygen atoms in total. The standard InChI is InChI=1S/C15H27NOS/c1-2-16-14(12-4-3-5-12)13-6-8-17-15(10-13)7-9-18-11-15/h12-14,16H,2-11H2,1H3. The Balaban J connectivity index is 1.65. The van der Waals surface area contributed by atoms with Crippen molar-refractivity contribution in [2.75, 3.05) is 24.7 Å². The second-order valence-corrected chi connectivity index (χ2v) is 7.47. The lowest BCUT2D eigenvalue weighted by Gasteiger charge is -2.45. The maximum absolute atomic E-state index is 6.17. The second-order valence-electron chi connectivity index (χ2n) is 6.36. The van der Waals surface area contributed by atoms with Crippen molar-refractivity contribution in [2.45, 2.75) is 57.1 Å². The molecule has 104 valence electrons. The normalized spacial score (nSPS) is 38.8. The van der Waals surface area contributed by atoms with Gasteiger partial charge in [0.2, 0.25) is 0 Å². The van der Waals surface area contributed by atoms with Crippen LogP contribution in [0.2, 0.25) is 0 Å². The molecular formula is C15H27NOS. The van der Waals surface area contributed by atoms with Gasteiger partial charge in [-0.05, 0) is 56.2 Å². The van der Waals surface area contributed by atoms with Crippen LogP contribution in [0.15, 0.2) is 0 Å². The van der Waals surface area contributed by atoms with Gasteiger partial charge in [-0.1, -0.05) is 13.3 Å². The van der Waals surface area contributed by atoms with Gasteiger partial charge in [-0.15, -0.1) is 0 Å². The highest BCUT2D eigenvalue weighted by Crippen LogP contribution is 2.44. The Morgan fingerprint density at radius 3 is 2.83 bits per heavy atom. The summed E-state index contributed by atoms with van der Waals surface area (Å²) in [7, 11) is 0. The zero-order valence-corrected chi connectivity index (χ0v) is 12.4. The quantitative estimate of drug-likeness (QED) is 0.847. The fraction of sp³-hybridized carbons (Fsp3) is 1.00. The lowest BCUT2D eigenvalue weighted by Crippen LogP contribution is -2.51. The number of rotatable bonds is 4. The van der Waals surface area contributed by atoms with Crippen molar-refractivity contribution in [3.05, 3.63) is 0 Å². The average molecular weight is 269 g/mol. The van der Waals surface area contributed by atoms with E-state index in [4.69, 9.17) is 4.74 Å². The SMILES string of the molecule is CCNC(C1CCC1)C1CCOC2(CCSC2)C1. The van der Waals surface area contributed by atoms with Crippen molar-refractivity contribution in [2.24, 2.45) is 11.8 Å². The molecule has 3 atom stereocenters. The monoisotopic (exact) mass is 269 g/mol. The van der Waals surface area contributed by atoms with Crippen LogP contribution in [0.25, 0.3) is 0 Å². The van der Waals surface area contributed by atoms with E-state index in [1.54, 1.807) is 0 Å². The second kappa shape index (κ2) is 5.72. The summed E-state index contributed by atoms with van der Waals surface area (Å²) in [6.45, 7) is 4.38. The smallest absolute Gasteiger partial charge is 0.0783 e.